The van der Waals surface area contributed by atoms with Crippen molar-refractivity contribution in [2.24, 2.45) is 0 Å². The van der Waals surface area contributed by atoms with Crippen LogP contribution in [-0.4, -0.2) is 49.5 Å². The van der Waals surface area contributed by atoms with Gasteiger partial charge >= 0.3 is 7.82 Å². The van der Waals surface area contributed by atoms with E-state index in [1.807, 2.05) is 0 Å². The molecule has 0 saturated carbocycles. The monoisotopic (exact) mass is 513 g/mol. The lowest BCUT2D eigenvalue weighted by Crippen LogP contribution is -2.43. The maximum absolute atomic E-state index is 15.9. The lowest BCUT2D eigenvalue weighted by Gasteiger charge is -2.28. The number of nitrogens with zero attached hydrogens (tertiary/aromatic N) is 1. The van der Waals surface area contributed by atoms with Gasteiger partial charge in [0.15, 0.2) is 11.0 Å². The number of fused-ring (bicyclic) bond motifs is 1. The molecule has 0 bridgehead atoms. The van der Waals surface area contributed by atoms with E-state index < -0.39 is 62.2 Å². The number of benzene rings is 1. The zero-order valence-corrected chi connectivity index (χ0v) is 18.2. The van der Waals surface area contributed by atoms with E-state index in [0.29, 0.717) is 15.2 Å². The van der Waals surface area contributed by atoms with Crippen LogP contribution < -0.4 is 10.1 Å². The first-order chi connectivity index (χ1) is 16.2. The SMILES string of the molecule is [2H]C([2H])(OP1(=O)OCc2cc(Cl)ccc2O1)[C@@]1(F)O[C@@]([2H])(n2cc(CO)c(=O)[nH]c2=S)[C@H](O)[C@@H]1O. The standard InChI is InChI=1S/C17H17ClFN2O9PS/c18-10-1-2-11-8(3-10)6-27-31(26,30-11)28-7-17(19)13(24)12(23)15(29-17)21-4-9(5-22)14(25)20-16(21)32/h1-4,12-13,15,22-24H,5-7H2,(H,20,25,32)/t12-,13+,15-,17-,31?/m1/s1/i7D2,15D. The first-order valence-electron chi connectivity index (χ1n) is 10.3. The van der Waals surface area contributed by atoms with Gasteiger partial charge in [0.25, 0.3) is 11.4 Å². The van der Waals surface area contributed by atoms with Crippen molar-refractivity contribution >= 4 is 31.6 Å². The number of rotatable bonds is 5. The van der Waals surface area contributed by atoms with Crippen molar-refractivity contribution in [1.29, 1.82) is 0 Å². The molecule has 1 saturated heterocycles. The molecule has 0 radical (unpaired) electrons. The molecular formula is C17H17ClFN2O9PS. The number of aliphatic hydroxyl groups is 3. The molecule has 1 unspecified atom stereocenters. The molecule has 5 atom stereocenters. The fraction of sp³-hybridized carbons (Fsp3) is 0.412. The summed E-state index contributed by atoms with van der Waals surface area (Å²) in [6.07, 6.45) is -7.62. The Kier molecular flexibility index (Phi) is 5.31. The molecule has 4 rings (SSSR count). The quantitative estimate of drug-likeness (QED) is 0.343. The predicted octanol–water partition coefficient (Wildman–Crippen LogP) is 1.70. The fourth-order valence-corrected chi connectivity index (χ4v) is 4.40. The van der Waals surface area contributed by atoms with Crippen LogP contribution in [-0.2, 0) is 31.6 Å². The first kappa shape index (κ1) is 19.8. The highest BCUT2D eigenvalue weighted by molar-refractivity contribution is 7.71. The second kappa shape index (κ2) is 8.60. The molecule has 0 amide bonds. The van der Waals surface area contributed by atoms with Gasteiger partial charge in [0.05, 0.1) is 22.9 Å². The molecule has 15 heteroatoms. The second-order valence-corrected chi connectivity index (χ2v) is 9.01. The summed E-state index contributed by atoms with van der Waals surface area (Å²) in [5.41, 5.74) is -0.867. The Balaban J connectivity index is 1.68. The lowest BCUT2D eigenvalue weighted by molar-refractivity contribution is -0.205. The molecule has 11 nitrogen and oxygen atoms in total. The minimum absolute atomic E-state index is 0.0495. The van der Waals surface area contributed by atoms with Crippen molar-refractivity contribution in [2.75, 3.05) is 6.56 Å². The number of ether oxygens (including phenoxy) is 1. The number of hydrogen-bond acceptors (Lipinski definition) is 10. The van der Waals surface area contributed by atoms with E-state index in [1.165, 1.54) is 18.2 Å². The van der Waals surface area contributed by atoms with Gasteiger partial charge in [-0.15, -0.1) is 0 Å². The van der Waals surface area contributed by atoms with Crippen LogP contribution in [0.25, 0.3) is 0 Å². The van der Waals surface area contributed by atoms with Crippen LogP contribution in [0.4, 0.5) is 4.39 Å². The summed E-state index contributed by atoms with van der Waals surface area (Å²) in [7, 11) is -4.87. The highest BCUT2D eigenvalue weighted by Gasteiger charge is 2.57. The highest BCUT2D eigenvalue weighted by atomic mass is 35.5. The van der Waals surface area contributed by atoms with E-state index in [-0.39, 0.29) is 11.3 Å². The van der Waals surface area contributed by atoms with Gasteiger partial charge < -0.3 is 24.6 Å². The number of phosphoric acid groups is 1. The molecule has 1 aromatic carbocycles. The fourth-order valence-electron chi connectivity index (χ4n) is 2.88. The topological polar surface area (TPSA) is 152 Å². The zero-order chi connectivity index (χ0) is 26.0. The van der Waals surface area contributed by atoms with Crippen LogP contribution in [0.1, 0.15) is 21.4 Å². The van der Waals surface area contributed by atoms with E-state index in [9.17, 15) is 24.7 Å². The van der Waals surface area contributed by atoms with Gasteiger partial charge in [0, 0.05) is 16.8 Å². The van der Waals surface area contributed by atoms with Crippen molar-refractivity contribution in [3.05, 3.63) is 55.7 Å². The molecule has 0 spiro atoms. The molecule has 0 aliphatic carbocycles. The average Bonchev–Trinajstić information content (AvgIpc) is 2.95. The van der Waals surface area contributed by atoms with Crippen molar-refractivity contribution in [2.45, 2.75) is 37.5 Å². The van der Waals surface area contributed by atoms with Gasteiger partial charge in [-0.3, -0.25) is 23.4 Å². The van der Waals surface area contributed by atoms with Gasteiger partial charge in [0.1, 0.15) is 24.5 Å². The molecule has 3 heterocycles. The Labute approximate surface area is 193 Å². The number of hydrogen-bond donors (Lipinski definition) is 4. The minimum Gasteiger partial charge on any atom is -0.404 e. The molecule has 2 aliphatic heterocycles. The van der Waals surface area contributed by atoms with Crippen LogP contribution in [0.5, 0.6) is 5.75 Å². The van der Waals surface area contributed by atoms with Gasteiger partial charge in [0.2, 0.25) is 0 Å². The average molecular weight is 514 g/mol. The highest BCUT2D eigenvalue weighted by Crippen LogP contribution is 2.56. The third kappa shape index (κ3) is 4.28. The summed E-state index contributed by atoms with van der Waals surface area (Å²) in [5, 5.41) is 30.5. The van der Waals surface area contributed by atoms with Crippen LogP contribution >= 0.6 is 31.6 Å². The third-order valence-corrected chi connectivity index (χ3v) is 6.23. The Morgan fingerprint density at radius 3 is 3.00 bits per heavy atom. The third-order valence-electron chi connectivity index (χ3n) is 4.52. The summed E-state index contributed by atoms with van der Waals surface area (Å²) >= 11 is 10.8. The zero-order valence-electron chi connectivity index (χ0n) is 18.7. The maximum Gasteiger partial charge on any atom is 0.530 e. The lowest BCUT2D eigenvalue weighted by atomic mass is 10.1. The number of H-pyrrole nitrogens is 1. The second-order valence-electron chi connectivity index (χ2n) is 6.67. The van der Waals surface area contributed by atoms with Crippen LogP contribution in [0.2, 0.25) is 5.02 Å². The van der Waals surface area contributed by atoms with Crippen LogP contribution in [0.3, 0.4) is 0 Å². The number of halogens is 2. The van der Waals surface area contributed by atoms with Crippen molar-refractivity contribution in [3.63, 3.8) is 0 Å². The molecule has 174 valence electrons. The Bertz CT molecular complexity index is 1350. The number of aromatic nitrogens is 2. The molecule has 1 fully saturated rings. The molecule has 4 N–H and O–H groups in total. The van der Waals surface area contributed by atoms with Crippen molar-refractivity contribution in [3.8, 4) is 5.75 Å². The first-order valence-corrected chi connectivity index (χ1v) is 11.1. The largest absolute Gasteiger partial charge is 0.530 e. The minimum atomic E-state index is -4.87. The predicted molar refractivity (Wildman–Crippen MR) is 108 cm³/mol. The van der Waals surface area contributed by atoms with Crippen LogP contribution in [0.15, 0.2) is 29.2 Å². The summed E-state index contributed by atoms with van der Waals surface area (Å²) in [5.74, 6) is -4.09. The normalized spacial score (nSPS) is 36.0. The molecule has 1 aromatic heterocycles. The van der Waals surface area contributed by atoms with E-state index in [4.69, 9.17) is 46.2 Å². The van der Waals surface area contributed by atoms with E-state index >= 15 is 4.39 Å². The molecule has 32 heavy (non-hydrogen) atoms. The Morgan fingerprint density at radius 1 is 1.53 bits per heavy atom. The number of aromatic amines is 1. The van der Waals surface area contributed by atoms with Gasteiger partial charge in [-0.1, -0.05) is 11.6 Å². The number of aliphatic hydroxyl groups excluding tert-OH is 3. The van der Waals surface area contributed by atoms with Crippen LogP contribution in [0, 0.1) is 4.77 Å². The van der Waals surface area contributed by atoms with Crippen molar-refractivity contribution < 1.29 is 46.7 Å². The van der Waals surface area contributed by atoms with Gasteiger partial charge in [-0.25, -0.2) is 8.96 Å². The Morgan fingerprint density at radius 2 is 2.28 bits per heavy atom. The molecule has 2 aromatic rings. The smallest absolute Gasteiger partial charge is 0.404 e. The van der Waals surface area contributed by atoms with Crippen molar-refractivity contribution in [1.82, 2.24) is 9.55 Å². The van der Waals surface area contributed by atoms with E-state index in [0.717, 1.165) is 6.20 Å². The summed E-state index contributed by atoms with van der Waals surface area (Å²) in [4.78, 5) is 13.9. The summed E-state index contributed by atoms with van der Waals surface area (Å²) in [6, 6.07) is 4.10. The van der Waals surface area contributed by atoms with Gasteiger partial charge in [-0.2, -0.15) is 0 Å². The summed E-state index contributed by atoms with van der Waals surface area (Å²) < 4.78 is 72.8. The van der Waals surface area contributed by atoms with E-state index in [2.05, 4.69) is 4.98 Å². The van der Waals surface area contributed by atoms with E-state index in [1.54, 1.807) is 0 Å². The molecular weight excluding hydrogens is 494 g/mol. The summed E-state index contributed by atoms with van der Waals surface area (Å²) in [6.45, 7) is -5.10. The molecule has 2 aliphatic rings. The van der Waals surface area contributed by atoms with Gasteiger partial charge in [-0.05, 0) is 30.4 Å². The Hall–Kier alpha value is -1.67. The number of phosphoric ester groups is 1. The number of nitrogens with one attached hydrogen (secondary N) is 1. The maximum atomic E-state index is 15.9. The number of alkyl halides is 1.